The molecule has 2 rings (SSSR count). The zero-order valence-electron chi connectivity index (χ0n) is 11.3. The van der Waals surface area contributed by atoms with Crippen molar-refractivity contribution < 1.29 is 4.74 Å². The van der Waals surface area contributed by atoms with Gasteiger partial charge in [0.25, 0.3) is 0 Å². The minimum atomic E-state index is 0.507. The van der Waals surface area contributed by atoms with E-state index in [2.05, 4.69) is 12.1 Å². The fraction of sp³-hybridized carbons (Fsp3) is 0.176. The lowest BCUT2D eigenvalue weighted by Gasteiger charge is -2.10. The molecule has 0 radical (unpaired) electrons. The fourth-order valence-electron chi connectivity index (χ4n) is 1.95. The van der Waals surface area contributed by atoms with E-state index >= 15 is 0 Å². The monoisotopic (exact) mass is 287 g/mol. The molecule has 0 saturated heterocycles. The quantitative estimate of drug-likeness (QED) is 0.873. The molecule has 0 fully saturated rings. The Morgan fingerprint density at radius 1 is 1.05 bits per heavy atom. The summed E-state index contributed by atoms with van der Waals surface area (Å²) in [5.74, 6) is 0.806. The average molecular weight is 288 g/mol. The van der Waals surface area contributed by atoms with Crippen molar-refractivity contribution in [2.24, 2.45) is 5.73 Å². The number of hydrogen-bond donors (Lipinski definition) is 1. The lowest BCUT2D eigenvalue weighted by molar-refractivity contribution is 0.359. The Hall–Kier alpha value is -1.77. The molecule has 2 aromatic carbocycles. The molecule has 0 aliphatic heterocycles. The number of hydrogen-bond acceptors (Lipinski definition) is 2. The molecule has 2 aromatic rings. The van der Waals surface area contributed by atoms with Crippen LogP contribution in [-0.4, -0.2) is 13.2 Å². The Balaban J connectivity index is 1.97. The minimum absolute atomic E-state index is 0.507. The molecule has 104 valence electrons. The molecule has 0 amide bonds. The molecule has 0 saturated carbocycles. The van der Waals surface area contributed by atoms with E-state index in [1.54, 1.807) is 0 Å². The first-order valence-electron chi connectivity index (χ1n) is 6.63. The number of nitrogens with two attached hydrogens (primary N) is 1. The van der Waals surface area contributed by atoms with Gasteiger partial charge in [-0.05, 0) is 36.7 Å². The summed E-state index contributed by atoms with van der Waals surface area (Å²) in [5, 5.41) is 0.708. The number of halogens is 1. The highest BCUT2D eigenvalue weighted by Crippen LogP contribution is 2.26. The molecule has 0 bridgehead atoms. The highest BCUT2D eigenvalue weighted by Gasteiger charge is 2.06. The van der Waals surface area contributed by atoms with Gasteiger partial charge in [-0.3, -0.25) is 0 Å². The van der Waals surface area contributed by atoms with Crippen molar-refractivity contribution in [2.45, 2.75) is 6.42 Å². The van der Waals surface area contributed by atoms with Gasteiger partial charge in [-0.15, -0.1) is 0 Å². The van der Waals surface area contributed by atoms with Crippen molar-refractivity contribution in [1.82, 2.24) is 0 Å². The van der Waals surface area contributed by atoms with Gasteiger partial charge in [-0.2, -0.15) is 0 Å². The maximum atomic E-state index is 6.16. The molecule has 0 atom stereocenters. The molecule has 0 heterocycles. The van der Waals surface area contributed by atoms with Gasteiger partial charge in [0.05, 0.1) is 0 Å². The van der Waals surface area contributed by atoms with Crippen LogP contribution in [0.1, 0.15) is 11.1 Å². The topological polar surface area (TPSA) is 35.2 Å². The number of rotatable bonds is 6. The van der Waals surface area contributed by atoms with Crippen LogP contribution in [0.2, 0.25) is 5.02 Å². The Morgan fingerprint density at radius 3 is 2.60 bits per heavy atom. The second kappa shape index (κ2) is 7.73. The van der Waals surface area contributed by atoms with Crippen LogP contribution in [0.5, 0.6) is 5.75 Å². The number of benzene rings is 2. The molecule has 0 spiro atoms. The van der Waals surface area contributed by atoms with Gasteiger partial charge >= 0.3 is 0 Å². The van der Waals surface area contributed by atoms with Gasteiger partial charge in [0, 0.05) is 10.6 Å². The van der Waals surface area contributed by atoms with E-state index in [4.69, 9.17) is 22.1 Å². The molecule has 0 aliphatic carbocycles. The molecule has 2 nitrogen and oxygen atoms in total. The summed E-state index contributed by atoms with van der Waals surface area (Å²) in [6.07, 6.45) is 4.74. The molecular formula is C17H18ClNO. The van der Waals surface area contributed by atoms with Crippen molar-refractivity contribution in [3.05, 3.63) is 70.8 Å². The van der Waals surface area contributed by atoms with Crippen molar-refractivity contribution >= 4 is 17.7 Å². The van der Waals surface area contributed by atoms with Crippen LogP contribution in [0.25, 0.3) is 6.08 Å². The predicted molar refractivity (Wildman–Crippen MR) is 85.2 cm³/mol. The summed E-state index contributed by atoms with van der Waals surface area (Å²) in [4.78, 5) is 0. The van der Waals surface area contributed by atoms with Crippen molar-refractivity contribution in [2.75, 3.05) is 13.2 Å². The van der Waals surface area contributed by atoms with E-state index in [9.17, 15) is 0 Å². The van der Waals surface area contributed by atoms with E-state index < -0.39 is 0 Å². The van der Waals surface area contributed by atoms with Crippen LogP contribution < -0.4 is 10.5 Å². The van der Waals surface area contributed by atoms with E-state index in [-0.39, 0.29) is 0 Å². The molecule has 0 unspecified atom stereocenters. The minimum Gasteiger partial charge on any atom is -0.489 e. The summed E-state index contributed by atoms with van der Waals surface area (Å²) in [7, 11) is 0. The molecule has 0 aliphatic rings. The average Bonchev–Trinajstić information content (AvgIpc) is 2.48. The van der Waals surface area contributed by atoms with E-state index in [1.807, 2.05) is 48.6 Å². The lowest BCUT2D eigenvalue weighted by Crippen LogP contribution is -2.06. The smallest absolute Gasteiger partial charge is 0.124 e. The van der Waals surface area contributed by atoms with Crippen LogP contribution in [-0.2, 0) is 6.42 Å². The van der Waals surface area contributed by atoms with Crippen LogP contribution in [0.4, 0.5) is 0 Å². The standard InChI is InChI=1S/C17H18ClNO/c18-16-9-4-10-17(15(16)11-12-19)20-13-5-8-14-6-2-1-3-7-14/h1-10H,11-13,19H2/b8-5+. The van der Waals surface area contributed by atoms with Crippen LogP contribution in [0.3, 0.4) is 0 Å². The van der Waals surface area contributed by atoms with Crippen LogP contribution >= 0.6 is 11.6 Å². The van der Waals surface area contributed by atoms with Crippen LogP contribution in [0.15, 0.2) is 54.6 Å². The summed E-state index contributed by atoms with van der Waals surface area (Å²) < 4.78 is 5.77. The predicted octanol–water partition coefficient (Wildman–Crippen LogP) is 3.93. The summed E-state index contributed by atoms with van der Waals surface area (Å²) in [6, 6.07) is 15.8. The maximum absolute atomic E-state index is 6.16. The maximum Gasteiger partial charge on any atom is 0.124 e. The van der Waals surface area contributed by atoms with Gasteiger partial charge in [0.1, 0.15) is 12.4 Å². The highest BCUT2D eigenvalue weighted by molar-refractivity contribution is 6.31. The molecule has 20 heavy (non-hydrogen) atoms. The Morgan fingerprint density at radius 2 is 1.85 bits per heavy atom. The SMILES string of the molecule is NCCc1c(Cl)cccc1OC/C=C/c1ccccc1. The van der Waals surface area contributed by atoms with Crippen molar-refractivity contribution in [3.8, 4) is 5.75 Å². The Labute approximate surface area is 124 Å². The first kappa shape index (κ1) is 14.6. The van der Waals surface area contributed by atoms with E-state index in [0.717, 1.165) is 23.3 Å². The third-order valence-corrected chi connectivity index (χ3v) is 3.27. The van der Waals surface area contributed by atoms with Gasteiger partial charge < -0.3 is 10.5 Å². The second-order valence-electron chi connectivity index (χ2n) is 4.38. The summed E-state index contributed by atoms with van der Waals surface area (Å²) >= 11 is 6.16. The van der Waals surface area contributed by atoms with E-state index in [1.165, 1.54) is 0 Å². The third kappa shape index (κ3) is 4.12. The second-order valence-corrected chi connectivity index (χ2v) is 4.79. The van der Waals surface area contributed by atoms with Gasteiger partial charge in [-0.1, -0.05) is 54.1 Å². The first-order valence-corrected chi connectivity index (χ1v) is 7.01. The van der Waals surface area contributed by atoms with E-state index in [0.29, 0.717) is 18.2 Å². The molecule has 3 heteroatoms. The normalized spacial score (nSPS) is 10.9. The van der Waals surface area contributed by atoms with Gasteiger partial charge in [0.2, 0.25) is 0 Å². The first-order chi connectivity index (χ1) is 9.81. The van der Waals surface area contributed by atoms with Crippen molar-refractivity contribution in [3.63, 3.8) is 0 Å². The summed E-state index contributed by atoms with van der Waals surface area (Å²) in [5.41, 5.74) is 7.73. The largest absolute Gasteiger partial charge is 0.489 e. The summed E-state index contributed by atoms with van der Waals surface area (Å²) in [6.45, 7) is 1.06. The zero-order valence-corrected chi connectivity index (χ0v) is 12.0. The lowest BCUT2D eigenvalue weighted by atomic mass is 10.1. The molecule has 2 N–H and O–H groups in total. The molecular weight excluding hydrogens is 270 g/mol. The highest BCUT2D eigenvalue weighted by atomic mass is 35.5. The molecule has 0 aromatic heterocycles. The Bertz CT molecular complexity index is 566. The third-order valence-electron chi connectivity index (χ3n) is 2.92. The Kier molecular flexibility index (Phi) is 5.66. The fourth-order valence-corrected chi connectivity index (χ4v) is 2.21. The van der Waals surface area contributed by atoms with Crippen molar-refractivity contribution in [1.29, 1.82) is 0 Å². The van der Waals surface area contributed by atoms with Crippen LogP contribution in [0, 0.1) is 0 Å². The van der Waals surface area contributed by atoms with Gasteiger partial charge in [0.15, 0.2) is 0 Å². The zero-order chi connectivity index (χ0) is 14.2. The number of ether oxygens (including phenoxy) is 1. The van der Waals surface area contributed by atoms with Gasteiger partial charge in [-0.25, -0.2) is 0 Å².